The Kier molecular flexibility index (Phi) is 5.93. The Morgan fingerprint density at radius 3 is 2.56 bits per heavy atom. The number of rotatable bonds is 6. The second-order valence-electron chi connectivity index (χ2n) is 5.68. The molecule has 1 aliphatic rings. The van der Waals surface area contributed by atoms with Crippen molar-refractivity contribution in [3.05, 3.63) is 65.7 Å². The highest BCUT2D eigenvalue weighted by molar-refractivity contribution is 8.00. The average Bonchev–Trinajstić information content (AvgIpc) is 3.03. The molecule has 0 aromatic heterocycles. The van der Waals surface area contributed by atoms with Gasteiger partial charge in [-0.1, -0.05) is 42.5 Å². The lowest BCUT2D eigenvalue weighted by Crippen LogP contribution is -2.34. The van der Waals surface area contributed by atoms with Crippen LogP contribution in [-0.2, 0) is 16.1 Å². The Hall–Kier alpha value is -2.06. The van der Waals surface area contributed by atoms with Crippen molar-refractivity contribution in [2.45, 2.75) is 18.2 Å². The number of carbonyl (C=O) groups is 1. The van der Waals surface area contributed by atoms with Crippen molar-refractivity contribution in [2.24, 2.45) is 0 Å². The lowest BCUT2D eigenvalue weighted by molar-refractivity contribution is -0.137. The van der Waals surface area contributed by atoms with Gasteiger partial charge in [-0.3, -0.25) is 9.69 Å². The first-order valence-electron chi connectivity index (χ1n) is 7.95. The van der Waals surface area contributed by atoms with E-state index in [1.54, 1.807) is 12.1 Å². The summed E-state index contributed by atoms with van der Waals surface area (Å²) in [6.07, 6.45) is -0.0732. The van der Waals surface area contributed by atoms with Gasteiger partial charge in [0.05, 0.1) is 12.9 Å². The van der Waals surface area contributed by atoms with Crippen LogP contribution >= 0.6 is 11.8 Å². The molecular weight excluding hydrogens is 338 g/mol. The number of hydrogen-bond acceptors (Lipinski definition) is 7. The fourth-order valence-electron chi connectivity index (χ4n) is 2.69. The van der Waals surface area contributed by atoms with E-state index in [-0.39, 0.29) is 29.1 Å². The fraction of sp³-hybridized carbons (Fsp3) is 0.278. The molecule has 0 bridgehead atoms. The van der Waals surface area contributed by atoms with Gasteiger partial charge in [0.2, 0.25) is 0 Å². The van der Waals surface area contributed by atoms with Crippen LogP contribution in [0.4, 0.5) is 0 Å². The first-order valence-corrected chi connectivity index (χ1v) is 9.00. The molecule has 0 amide bonds. The number of aromatic hydroxyl groups is 1. The molecule has 0 aliphatic carbocycles. The van der Waals surface area contributed by atoms with Crippen molar-refractivity contribution in [3.8, 4) is 5.75 Å². The second-order valence-corrected chi connectivity index (χ2v) is 6.75. The Bertz CT molecular complexity index is 696. The van der Waals surface area contributed by atoms with Crippen LogP contribution in [0.25, 0.3) is 0 Å². The number of carbonyl (C=O) groups excluding carboxylic acids is 1. The topological polar surface area (TPSA) is 73.8 Å². The van der Waals surface area contributed by atoms with E-state index in [0.29, 0.717) is 6.54 Å². The van der Waals surface area contributed by atoms with Crippen LogP contribution in [0, 0.1) is 0 Å². The smallest absolute Gasteiger partial charge is 0.315 e. The Labute approximate surface area is 151 Å². The number of nitrogens with zero attached hydrogens (tertiary/aromatic N) is 1. The van der Waals surface area contributed by atoms with Crippen LogP contribution in [0.3, 0.4) is 0 Å². The van der Waals surface area contributed by atoms with Gasteiger partial charge >= 0.3 is 5.97 Å². The summed E-state index contributed by atoms with van der Waals surface area (Å²) in [6, 6.07) is 17.3. The zero-order valence-corrected chi connectivity index (χ0v) is 14.7. The van der Waals surface area contributed by atoms with Gasteiger partial charge < -0.3 is 9.84 Å². The third kappa shape index (κ3) is 4.52. The number of thioether (sulfide) groups is 1. The van der Waals surface area contributed by atoms with Gasteiger partial charge in [0.15, 0.2) is 0 Å². The number of ether oxygens (including phenoxy) is 1. The highest BCUT2D eigenvalue weighted by Gasteiger charge is 2.34. The quantitative estimate of drug-likeness (QED) is 0.683. The molecule has 0 saturated carbocycles. The van der Waals surface area contributed by atoms with E-state index < -0.39 is 0 Å². The van der Waals surface area contributed by atoms with E-state index in [1.807, 2.05) is 30.3 Å². The summed E-state index contributed by atoms with van der Waals surface area (Å²) in [7, 11) is 1.39. The predicted octanol–water partition coefficient (Wildman–Crippen LogP) is 2.19. The van der Waals surface area contributed by atoms with Crippen LogP contribution in [0.1, 0.15) is 17.3 Å². The number of hydrogen-bond donors (Lipinski definition) is 3. The van der Waals surface area contributed by atoms with Crippen LogP contribution in [0.15, 0.2) is 54.6 Å². The summed E-state index contributed by atoms with van der Waals surface area (Å²) in [5.74, 6) is 0.254. The van der Waals surface area contributed by atoms with Crippen LogP contribution < -0.4 is 10.9 Å². The van der Waals surface area contributed by atoms with Crippen molar-refractivity contribution in [2.75, 3.05) is 12.9 Å². The van der Waals surface area contributed by atoms with Crippen LogP contribution in [-0.4, -0.2) is 34.3 Å². The van der Waals surface area contributed by atoms with Crippen LogP contribution in [0.2, 0.25) is 0 Å². The van der Waals surface area contributed by atoms with Gasteiger partial charge in [0, 0.05) is 6.54 Å². The summed E-state index contributed by atoms with van der Waals surface area (Å²) in [6.45, 7) is 0.714. The number of phenols is 1. The minimum absolute atomic E-state index is 0.0732. The molecule has 2 aromatic rings. The molecule has 1 saturated heterocycles. The molecule has 0 radical (unpaired) electrons. The van der Waals surface area contributed by atoms with Crippen LogP contribution in [0.5, 0.6) is 5.75 Å². The largest absolute Gasteiger partial charge is 0.508 e. The molecule has 0 spiro atoms. The summed E-state index contributed by atoms with van der Waals surface area (Å²) in [4.78, 5) is 13.7. The third-order valence-corrected chi connectivity index (χ3v) is 5.09. The van der Waals surface area contributed by atoms with Gasteiger partial charge in [0.25, 0.3) is 0 Å². The lowest BCUT2D eigenvalue weighted by atomic mass is 10.1. The number of esters is 1. The number of methoxy groups -OCH3 is 1. The number of nitrogens with one attached hydrogen (secondary N) is 2. The van der Waals surface area contributed by atoms with E-state index >= 15 is 0 Å². The molecular formula is C18H21N3O3S. The van der Waals surface area contributed by atoms with Gasteiger partial charge in [-0.2, -0.15) is 0 Å². The van der Waals surface area contributed by atoms with Crippen molar-refractivity contribution < 1.29 is 14.6 Å². The fourth-order valence-corrected chi connectivity index (χ4v) is 3.65. The minimum atomic E-state index is -0.250. The molecule has 2 unspecified atom stereocenters. The number of phenolic OH excluding ortho intramolecular Hbond substituents is 1. The number of hydrazine groups is 1. The van der Waals surface area contributed by atoms with Gasteiger partial charge in [0.1, 0.15) is 17.4 Å². The van der Waals surface area contributed by atoms with Crippen molar-refractivity contribution >= 4 is 17.7 Å². The Balaban J connectivity index is 1.78. The van der Waals surface area contributed by atoms with E-state index in [1.165, 1.54) is 24.4 Å². The van der Waals surface area contributed by atoms with Crippen molar-refractivity contribution in [3.63, 3.8) is 0 Å². The summed E-state index contributed by atoms with van der Waals surface area (Å²) in [5, 5.41) is 9.52. The van der Waals surface area contributed by atoms with E-state index in [9.17, 15) is 9.90 Å². The van der Waals surface area contributed by atoms with Gasteiger partial charge in [-0.25, -0.2) is 10.9 Å². The zero-order valence-electron chi connectivity index (χ0n) is 13.9. The monoisotopic (exact) mass is 359 g/mol. The predicted molar refractivity (Wildman–Crippen MR) is 97.4 cm³/mol. The second kappa shape index (κ2) is 8.35. The van der Waals surface area contributed by atoms with E-state index in [4.69, 9.17) is 4.74 Å². The number of benzene rings is 2. The maximum absolute atomic E-state index is 11.5. The Morgan fingerprint density at radius 1 is 1.16 bits per heavy atom. The molecule has 1 heterocycles. The SMILES string of the molecule is COC(=O)CSC1NNC(c2ccc(O)cc2)N1Cc1ccccc1. The average molecular weight is 359 g/mol. The standard InChI is InChI=1S/C18H21N3O3S/c1-24-16(23)12-25-18-20-19-17(14-7-9-15(22)10-8-14)21(18)11-13-5-3-2-4-6-13/h2-10,17-20,22H,11-12H2,1H3. The molecule has 7 heteroatoms. The molecule has 2 aromatic carbocycles. The van der Waals surface area contributed by atoms with Crippen molar-refractivity contribution in [1.29, 1.82) is 0 Å². The maximum Gasteiger partial charge on any atom is 0.315 e. The molecule has 3 rings (SSSR count). The molecule has 3 N–H and O–H groups in total. The molecule has 25 heavy (non-hydrogen) atoms. The molecule has 6 nitrogen and oxygen atoms in total. The molecule has 132 valence electrons. The summed E-state index contributed by atoms with van der Waals surface area (Å²) in [5.41, 5.74) is 8.64. The zero-order chi connectivity index (χ0) is 17.6. The summed E-state index contributed by atoms with van der Waals surface area (Å²) >= 11 is 1.47. The summed E-state index contributed by atoms with van der Waals surface area (Å²) < 4.78 is 4.73. The first-order chi connectivity index (χ1) is 12.2. The van der Waals surface area contributed by atoms with E-state index in [0.717, 1.165) is 5.56 Å². The Morgan fingerprint density at radius 2 is 1.88 bits per heavy atom. The van der Waals surface area contributed by atoms with E-state index in [2.05, 4.69) is 27.9 Å². The normalized spacial score (nSPS) is 20.5. The molecule has 1 fully saturated rings. The lowest BCUT2D eigenvalue weighted by Gasteiger charge is -2.28. The van der Waals surface area contributed by atoms with Crippen molar-refractivity contribution in [1.82, 2.24) is 15.8 Å². The third-order valence-electron chi connectivity index (χ3n) is 3.98. The highest BCUT2D eigenvalue weighted by Crippen LogP contribution is 2.31. The first kappa shape index (κ1) is 17.8. The molecule has 2 atom stereocenters. The maximum atomic E-state index is 11.5. The minimum Gasteiger partial charge on any atom is -0.508 e. The highest BCUT2D eigenvalue weighted by atomic mass is 32.2. The van der Waals surface area contributed by atoms with Gasteiger partial charge in [-0.05, 0) is 23.3 Å². The molecule has 1 aliphatic heterocycles. The van der Waals surface area contributed by atoms with Gasteiger partial charge in [-0.15, -0.1) is 11.8 Å².